The van der Waals surface area contributed by atoms with Crippen molar-refractivity contribution in [1.29, 1.82) is 0 Å². The summed E-state index contributed by atoms with van der Waals surface area (Å²) in [6.07, 6.45) is -0.745. The van der Waals surface area contributed by atoms with Crippen LogP contribution in [0.15, 0.2) is 23.1 Å². The number of hydrogen-bond acceptors (Lipinski definition) is 4. The summed E-state index contributed by atoms with van der Waals surface area (Å²) >= 11 is 11.3. The fraction of sp³-hybridized carbons (Fsp3) is 0.333. The Bertz CT molecular complexity index is 493. The lowest BCUT2D eigenvalue weighted by Gasteiger charge is -2.12. The second kappa shape index (κ2) is 5.88. The Morgan fingerprint density at radius 2 is 2.12 bits per heavy atom. The molecule has 0 bridgehead atoms. The average molecular weight is 299 g/mol. The number of primary sulfonamides is 1. The van der Waals surface area contributed by atoms with E-state index in [0.29, 0.717) is 10.7 Å². The summed E-state index contributed by atoms with van der Waals surface area (Å²) in [5.41, 5.74) is 0.377. The van der Waals surface area contributed by atoms with Crippen LogP contribution in [0.25, 0.3) is 0 Å². The molecule has 0 saturated carbocycles. The van der Waals surface area contributed by atoms with E-state index in [-0.39, 0.29) is 17.3 Å². The third-order valence-corrected chi connectivity index (χ3v) is 3.57. The Morgan fingerprint density at radius 1 is 1.47 bits per heavy atom. The summed E-state index contributed by atoms with van der Waals surface area (Å²) in [5, 5.41) is 17.4. The van der Waals surface area contributed by atoms with Gasteiger partial charge >= 0.3 is 0 Å². The van der Waals surface area contributed by atoms with Gasteiger partial charge in [0.15, 0.2) is 0 Å². The molecule has 0 heterocycles. The third kappa shape index (κ3) is 4.33. The molecule has 5 nitrogen and oxygen atoms in total. The second-order valence-electron chi connectivity index (χ2n) is 3.38. The quantitative estimate of drug-likeness (QED) is 0.707. The van der Waals surface area contributed by atoms with Crippen molar-refractivity contribution < 1.29 is 13.5 Å². The molecule has 0 amide bonds. The topological polar surface area (TPSA) is 92.4 Å². The van der Waals surface area contributed by atoms with Crippen LogP contribution in [0.3, 0.4) is 0 Å². The lowest BCUT2D eigenvalue weighted by molar-refractivity contribution is 0.211. The van der Waals surface area contributed by atoms with Gasteiger partial charge in [0.25, 0.3) is 0 Å². The van der Waals surface area contributed by atoms with E-state index in [1.165, 1.54) is 18.2 Å². The zero-order valence-corrected chi connectivity index (χ0v) is 11.1. The van der Waals surface area contributed by atoms with Gasteiger partial charge in [0.2, 0.25) is 10.0 Å². The van der Waals surface area contributed by atoms with Crippen LogP contribution in [-0.4, -0.2) is 32.1 Å². The summed E-state index contributed by atoms with van der Waals surface area (Å²) in [6.45, 7) is 0.164. The summed E-state index contributed by atoms with van der Waals surface area (Å²) in [7, 11) is -3.77. The van der Waals surface area contributed by atoms with Crippen LogP contribution in [0, 0.1) is 0 Å². The van der Waals surface area contributed by atoms with Crippen LogP contribution in [-0.2, 0) is 10.0 Å². The molecule has 0 aliphatic rings. The number of anilines is 1. The van der Waals surface area contributed by atoms with Crippen molar-refractivity contribution in [3.05, 3.63) is 23.2 Å². The highest BCUT2D eigenvalue weighted by Crippen LogP contribution is 2.24. The van der Waals surface area contributed by atoms with Crippen LogP contribution in [0.4, 0.5) is 5.69 Å². The summed E-state index contributed by atoms with van der Waals surface area (Å²) in [5.74, 6) is 0.0689. The van der Waals surface area contributed by atoms with Crippen molar-refractivity contribution in [2.24, 2.45) is 5.14 Å². The molecule has 0 aromatic heterocycles. The van der Waals surface area contributed by atoms with E-state index in [0.717, 1.165) is 0 Å². The average Bonchev–Trinajstić information content (AvgIpc) is 2.26. The monoisotopic (exact) mass is 298 g/mol. The smallest absolute Gasteiger partial charge is 0.238 e. The number of aliphatic hydroxyl groups is 1. The van der Waals surface area contributed by atoms with Crippen molar-refractivity contribution in [3.8, 4) is 0 Å². The van der Waals surface area contributed by atoms with Gasteiger partial charge in [0.1, 0.15) is 0 Å². The molecule has 1 unspecified atom stereocenters. The second-order valence-corrected chi connectivity index (χ2v) is 5.65. The SMILES string of the molecule is NS(=O)(=O)c1ccc(Cl)c(NCC(O)CCl)c1. The number of halogens is 2. The molecule has 1 atom stereocenters. The summed E-state index contributed by atoms with van der Waals surface area (Å²) in [4.78, 5) is -0.0511. The highest BCUT2D eigenvalue weighted by atomic mass is 35.5. The molecule has 1 aromatic carbocycles. The minimum atomic E-state index is -3.77. The van der Waals surface area contributed by atoms with E-state index >= 15 is 0 Å². The van der Waals surface area contributed by atoms with Crippen molar-refractivity contribution in [1.82, 2.24) is 0 Å². The largest absolute Gasteiger partial charge is 0.390 e. The highest BCUT2D eigenvalue weighted by Gasteiger charge is 2.11. The third-order valence-electron chi connectivity index (χ3n) is 1.97. The van der Waals surface area contributed by atoms with E-state index in [9.17, 15) is 13.5 Å². The van der Waals surface area contributed by atoms with Crippen LogP contribution in [0.2, 0.25) is 5.02 Å². The molecule has 0 fully saturated rings. The van der Waals surface area contributed by atoms with Gasteiger partial charge in [0, 0.05) is 6.54 Å². The molecule has 0 saturated heterocycles. The van der Waals surface area contributed by atoms with E-state index in [1.807, 2.05) is 0 Å². The van der Waals surface area contributed by atoms with Gasteiger partial charge in [-0.2, -0.15) is 0 Å². The molecule has 1 rings (SSSR count). The number of benzene rings is 1. The minimum Gasteiger partial charge on any atom is -0.390 e. The first-order chi connectivity index (χ1) is 7.84. The lowest BCUT2D eigenvalue weighted by Crippen LogP contribution is -2.21. The Balaban J connectivity index is 2.92. The number of nitrogens with two attached hydrogens (primary N) is 1. The molecular weight excluding hydrogens is 287 g/mol. The van der Waals surface area contributed by atoms with Gasteiger partial charge in [0.05, 0.1) is 27.6 Å². The lowest BCUT2D eigenvalue weighted by atomic mass is 10.3. The summed E-state index contributed by atoms with van der Waals surface area (Å²) < 4.78 is 22.3. The molecular formula is C9H12Cl2N2O3S. The first-order valence-electron chi connectivity index (χ1n) is 4.65. The number of aliphatic hydroxyl groups excluding tert-OH is 1. The fourth-order valence-corrected chi connectivity index (χ4v) is 1.93. The predicted octanol–water partition coefficient (Wildman–Crippen LogP) is 0.999. The predicted molar refractivity (Wildman–Crippen MR) is 68.0 cm³/mol. The van der Waals surface area contributed by atoms with E-state index in [2.05, 4.69) is 5.32 Å². The molecule has 0 aliphatic carbocycles. The first-order valence-corrected chi connectivity index (χ1v) is 7.10. The van der Waals surface area contributed by atoms with Crippen molar-refractivity contribution >= 4 is 38.9 Å². The molecule has 1 aromatic rings. The normalized spacial score (nSPS) is 13.4. The van der Waals surface area contributed by atoms with Crippen LogP contribution >= 0.6 is 23.2 Å². The van der Waals surface area contributed by atoms with Crippen LogP contribution in [0.5, 0.6) is 0 Å². The number of alkyl halides is 1. The van der Waals surface area contributed by atoms with Gasteiger partial charge in [-0.05, 0) is 18.2 Å². The van der Waals surface area contributed by atoms with Crippen molar-refractivity contribution in [3.63, 3.8) is 0 Å². The maximum atomic E-state index is 11.1. The van der Waals surface area contributed by atoms with Crippen LogP contribution in [0.1, 0.15) is 0 Å². The number of nitrogens with one attached hydrogen (secondary N) is 1. The van der Waals surface area contributed by atoms with Gasteiger partial charge in [-0.3, -0.25) is 0 Å². The van der Waals surface area contributed by atoms with Gasteiger partial charge in [-0.1, -0.05) is 11.6 Å². The molecule has 0 aliphatic heterocycles. The molecule has 4 N–H and O–H groups in total. The Labute approximate surface area is 110 Å². The van der Waals surface area contributed by atoms with E-state index in [1.54, 1.807) is 0 Å². The zero-order valence-electron chi connectivity index (χ0n) is 8.73. The standard InChI is InChI=1S/C9H12Cl2N2O3S/c10-4-6(14)5-13-9-3-7(17(12,15)16)1-2-8(9)11/h1-3,6,13-14H,4-5H2,(H2,12,15,16). The zero-order chi connectivity index (χ0) is 13.1. The first kappa shape index (κ1) is 14.5. The van der Waals surface area contributed by atoms with E-state index in [4.69, 9.17) is 28.3 Å². The Kier molecular flexibility index (Phi) is 5.03. The minimum absolute atomic E-state index is 0.0511. The Morgan fingerprint density at radius 3 is 2.65 bits per heavy atom. The molecule has 8 heteroatoms. The highest BCUT2D eigenvalue weighted by molar-refractivity contribution is 7.89. The van der Waals surface area contributed by atoms with Gasteiger partial charge < -0.3 is 10.4 Å². The van der Waals surface area contributed by atoms with Gasteiger partial charge in [-0.25, -0.2) is 13.6 Å². The molecule has 0 radical (unpaired) electrons. The molecule has 17 heavy (non-hydrogen) atoms. The maximum absolute atomic E-state index is 11.1. The van der Waals surface area contributed by atoms with Gasteiger partial charge in [-0.15, -0.1) is 11.6 Å². The van der Waals surface area contributed by atoms with E-state index < -0.39 is 16.1 Å². The van der Waals surface area contributed by atoms with Crippen molar-refractivity contribution in [2.75, 3.05) is 17.7 Å². The molecule has 96 valence electrons. The van der Waals surface area contributed by atoms with Crippen molar-refractivity contribution in [2.45, 2.75) is 11.0 Å². The number of hydrogen-bond donors (Lipinski definition) is 3. The summed E-state index contributed by atoms with van der Waals surface area (Å²) in [6, 6.07) is 4.02. The number of sulfonamides is 1. The maximum Gasteiger partial charge on any atom is 0.238 e. The molecule has 0 spiro atoms. The Hall–Kier alpha value is -0.530. The van der Waals surface area contributed by atoms with Crippen LogP contribution < -0.4 is 10.5 Å². The fourth-order valence-electron chi connectivity index (χ4n) is 1.10. The number of rotatable bonds is 5.